The van der Waals surface area contributed by atoms with Crippen LogP contribution in [0.2, 0.25) is 0 Å². The Morgan fingerprint density at radius 3 is 1.29 bits per heavy atom. The molecule has 7 heteroatoms. The maximum Gasteiger partial charge on any atom is 0.171 e. The Bertz CT molecular complexity index is 2880. The van der Waals surface area contributed by atoms with Gasteiger partial charge in [-0.2, -0.15) is 0 Å². The second kappa shape index (κ2) is 14.5. The summed E-state index contributed by atoms with van der Waals surface area (Å²) >= 11 is 0. The van der Waals surface area contributed by atoms with Crippen LogP contribution in [0.5, 0.6) is 0 Å². The van der Waals surface area contributed by atoms with Crippen LogP contribution in [0.1, 0.15) is 64.7 Å². The van der Waals surface area contributed by atoms with Crippen LogP contribution in [0.15, 0.2) is 175 Å². The van der Waals surface area contributed by atoms with Crippen LogP contribution < -0.4 is 26.5 Å². The van der Waals surface area contributed by atoms with E-state index in [1.165, 1.54) is 5.57 Å². The molecule has 1 aromatic heterocycles. The number of fused-ring (bicyclic) bond motifs is 3. The highest BCUT2D eigenvalue weighted by Crippen LogP contribution is 2.61. The molecule has 0 saturated carbocycles. The van der Waals surface area contributed by atoms with E-state index in [-0.39, 0.29) is 10.8 Å². The zero-order chi connectivity index (χ0) is 41.2. The summed E-state index contributed by atoms with van der Waals surface area (Å²) in [7, 11) is -6.42. The molecular formula is C52H47N3O2P2. The number of aromatic nitrogens is 3. The minimum atomic E-state index is -3.21. The van der Waals surface area contributed by atoms with E-state index in [2.05, 4.69) is 58.9 Å². The average molecular weight is 808 g/mol. The summed E-state index contributed by atoms with van der Waals surface area (Å²) in [6, 6.07) is 50.3. The van der Waals surface area contributed by atoms with E-state index in [4.69, 9.17) is 15.0 Å². The Morgan fingerprint density at radius 2 is 0.847 bits per heavy atom. The fraction of sp³-hybridized carbons (Fsp3) is 0.173. The van der Waals surface area contributed by atoms with Gasteiger partial charge in [0.1, 0.15) is 0 Å². The molecule has 0 radical (unpaired) electrons. The summed E-state index contributed by atoms with van der Waals surface area (Å²) in [4.78, 5) is 15.0. The fourth-order valence-electron chi connectivity index (χ4n) is 9.44. The molecule has 0 amide bonds. The van der Waals surface area contributed by atoms with Gasteiger partial charge in [-0.3, -0.25) is 0 Å². The minimum absolute atomic E-state index is 0.250. The van der Waals surface area contributed by atoms with Crippen molar-refractivity contribution in [3.63, 3.8) is 0 Å². The maximum atomic E-state index is 15.7. The quantitative estimate of drug-likeness (QED) is 0.150. The molecule has 5 nitrogen and oxygen atoms in total. The number of benzene rings is 6. The van der Waals surface area contributed by atoms with Crippen molar-refractivity contribution in [1.82, 2.24) is 15.0 Å². The molecule has 59 heavy (non-hydrogen) atoms. The maximum absolute atomic E-state index is 15.7. The van der Waals surface area contributed by atoms with Gasteiger partial charge in [-0.25, -0.2) is 15.0 Å². The summed E-state index contributed by atoms with van der Waals surface area (Å²) in [5, 5.41) is 5.13. The van der Waals surface area contributed by atoms with Gasteiger partial charge in [0.05, 0.1) is 0 Å². The van der Waals surface area contributed by atoms with Gasteiger partial charge in [-0.15, -0.1) is 0 Å². The zero-order valence-electron chi connectivity index (χ0n) is 34.3. The summed E-state index contributed by atoms with van der Waals surface area (Å²) in [5.74, 6) is 1.57. The summed E-state index contributed by atoms with van der Waals surface area (Å²) in [6.07, 6.45) is 4.87. The summed E-state index contributed by atoms with van der Waals surface area (Å²) in [5.41, 5.74) is 6.41. The standard InChI is InChI=1S/C52H47N3O2P2/c1-7-18-44-40(8-2)51(3,4)41-21-12-15-24-45(41)58(44,56)38-31-27-36(28-32-38)49-53-48(35-19-10-9-11-20-35)54-50(55-49)37-29-33-39(34-30-37)59(57)46-25-16-13-22-42(46)52(5,6)43-23-14-17-26-47(43)59/h7,9-34H,8H2,1-6H3/b18-7-. The third-order valence-electron chi connectivity index (χ3n) is 12.5. The molecule has 1 atom stereocenters. The molecule has 1 unspecified atom stereocenters. The minimum Gasteiger partial charge on any atom is -0.309 e. The number of allylic oxidation sites excluding steroid dienone is 4. The first-order valence-electron chi connectivity index (χ1n) is 20.3. The van der Waals surface area contributed by atoms with Gasteiger partial charge in [0.2, 0.25) is 0 Å². The first-order valence-corrected chi connectivity index (χ1v) is 23.8. The molecule has 0 aliphatic carbocycles. The normalized spacial score (nSPS) is 18.5. The first-order chi connectivity index (χ1) is 28.4. The van der Waals surface area contributed by atoms with E-state index in [1.54, 1.807) is 0 Å². The Labute approximate surface area is 347 Å². The lowest BCUT2D eigenvalue weighted by molar-refractivity contribution is 0.573. The van der Waals surface area contributed by atoms with Gasteiger partial charge in [0.25, 0.3) is 0 Å². The van der Waals surface area contributed by atoms with Crippen LogP contribution in [0.25, 0.3) is 34.2 Å². The van der Waals surface area contributed by atoms with Gasteiger partial charge in [0, 0.05) is 59.4 Å². The zero-order valence-corrected chi connectivity index (χ0v) is 36.1. The SMILES string of the molecule is C/C=C\C1=C(CC)C(C)(C)c2ccccc2P1(=O)c1ccc(-c2nc(-c3ccccc3)nc(-c3ccc(P4(=O)c5ccccc5C(C)(C)c5ccccc54)cc3)n2)cc1. The highest BCUT2D eigenvalue weighted by molar-refractivity contribution is 7.85. The highest BCUT2D eigenvalue weighted by Gasteiger charge is 2.46. The Kier molecular flexibility index (Phi) is 9.54. The smallest absolute Gasteiger partial charge is 0.171 e. The van der Waals surface area contributed by atoms with E-state index >= 15 is 9.13 Å². The highest BCUT2D eigenvalue weighted by atomic mass is 31.2. The topological polar surface area (TPSA) is 72.8 Å². The monoisotopic (exact) mass is 807 g/mol. The molecule has 2 aliphatic rings. The van der Waals surface area contributed by atoms with Crippen molar-refractivity contribution in [3.05, 3.63) is 191 Å². The van der Waals surface area contributed by atoms with Crippen LogP contribution >= 0.6 is 14.3 Å². The molecule has 0 bridgehead atoms. The second-order valence-corrected chi connectivity index (χ2v) is 21.9. The molecule has 0 fully saturated rings. The van der Waals surface area contributed by atoms with Crippen molar-refractivity contribution in [2.24, 2.45) is 0 Å². The Balaban J connectivity index is 1.15. The van der Waals surface area contributed by atoms with E-state index in [9.17, 15) is 0 Å². The van der Waals surface area contributed by atoms with Gasteiger partial charge in [0.15, 0.2) is 31.8 Å². The Morgan fingerprint density at radius 1 is 0.475 bits per heavy atom. The van der Waals surface area contributed by atoms with Gasteiger partial charge in [-0.05, 0) is 35.6 Å². The van der Waals surface area contributed by atoms with Crippen LogP contribution in [-0.2, 0) is 20.0 Å². The third-order valence-corrected chi connectivity index (χ3v) is 18.8. The van der Waals surface area contributed by atoms with Crippen molar-refractivity contribution >= 4 is 40.8 Å². The van der Waals surface area contributed by atoms with Crippen molar-refractivity contribution < 1.29 is 9.13 Å². The number of rotatable bonds is 7. The largest absolute Gasteiger partial charge is 0.309 e. The molecule has 3 heterocycles. The van der Waals surface area contributed by atoms with Gasteiger partial charge in [-0.1, -0.05) is 198 Å². The molecule has 9 rings (SSSR count). The van der Waals surface area contributed by atoms with Gasteiger partial charge < -0.3 is 9.13 Å². The number of hydrogen-bond donors (Lipinski definition) is 0. The third kappa shape index (κ3) is 6.01. The molecular weight excluding hydrogens is 761 g/mol. The fourth-order valence-corrected chi connectivity index (χ4v) is 16.4. The number of nitrogens with zero attached hydrogens (tertiary/aromatic N) is 3. The van der Waals surface area contributed by atoms with Gasteiger partial charge >= 0.3 is 0 Å². The van der Waals surface area contributed by atoms with Crippen molar-refractivity contribution in [2.45, 2.75) is 58.8 Å². The Hall–Kier alpha value is -5.73. The lowest BCUT2D eigenvalue weighted by Crippen LogP contribution is -2.42. The molecule has 292 valence electrons. The van der Waals surface area contributed by atoms with Crippen LogP contribution in [0.4, 0.5) is 0 Å². The lowest BCUT2D eigenvalue weighted by Gasteiger charge is -2.40. The molecule has 0 saturated heterocycles. The van der Waals surface area contributed by atoms with Crippen LogP contribution in [0, 0.1) is 0 Å². The van der Waals surface area contributed by atoms with Crippen LogP contribution in [0.3, 0.4) is 0 Å². The molecule has 2 aliphatic heterocycles. The van der Waals surface area contributed by atoms with Crippen molar-refractivity contribution in [2.75, 3.05) is 0 Å². The lowest BCUT2D eigenvalue weighted by atomic mass is 9.76. The molecule has 0 N–H and O–H groups in total. The number of hydrogen-bond acceptors (Lipinski definition) is 5. The van der Waals surface area contributed by atoms with E-state index in [0.29, 0.717) is 17.5 Å². The molecule has 7 aromatic rings. The van der Waals surface area contributed by atoms with Crippen molar-refractivity contribution in [1.29, 1.82) is 0 Å². The first kappa shape index (κ1) is 38.8. The predicted molar refractivity (Wildman–Crippen MR) is 246 cm³/mol. The summed E-state index contributed by atoms with van der Waals surface area (Å²) in [6.45, 7) is 13.1. The molecule has 0 spiro atoms. The van der Waals surface area contributed by atoms with E-state index in [1.807, 2.05) is 146 Å². The average Bonchev–Trinajstić information content (AvgIpc) is 3.28. The van der Waals surface area contributed by atoms with E-state index < -0.39 is 14.3 Å². The predicted octanol–water partition coefficient (Wildman–Crippen LogP) is 11.0. The van der Waals surface area contributed by atoms with Crippen LogP contribution in [-0.4, -0.2) is 15.0 Å². The summed E-state index contributed by atoms with van der Waals surface area (Å²) < 4.78 is 31.3. The van der Waals surface area contributed by atoms with Crippen molar-refractivity contribution in [3.8, 4) is 34.2 Å². The second-order valence-electron chi connectivity index (χ2n) is 16.5. The van der Waals surface area contributed by atoms with E-state index in [0.717, 1.165) is 71.6 Å². The molecule has 6 aromatic carbocycles.